The van der Waals surface area contributed by atoms with Gasteiger partial charge < -0.3 is 24.3 Å². The number of hydrogen-bond donors (Lipinski definition) is 1. The molecular formula is C32H38N4O3S. The van der Waals surface area contributed by atoms with Gasteiger partial charge in [0.05, 0.1) is 19.8 Å². The Morgan fingerprint density at radius 3 is 2.62 bits per heavy atom. The van der Waals surface area contributed by atoms with E-state index in [0.29, 0.717) is 28.9 Å². The maximum Gasteiger partial charge on any atom is 0.255 e. The number of rotatable bonds is 11. The molecular weight excluding hydrogens is 520 g/mol. The van der Waals surface area contributed by atoms with E-state index in [-0.39, 0.29) is 11.8 Å². The van der Waals surface area contributed by atoms with Gasteiger partial charge in [-0.15, -0.1) is 0 Å². The molecule has 1 unspecified atom stereocenters. The molecule has 40 heavy (non-hydrogen) atoms. The van der Waals surface area contributed by atoms with Crippen molar-refractivity contribution in [1.82, 2.24) is 19.8 Å². The highest BCUT2D eigenvalue weighted by atomic mass is 32.2. The molecule has 1 aromatic heterocycles. The number of aryl methyl sites for hydroxylation is 1. The third-order valence-corrected chi connectivity index (χ3v) is 9.21. The van der Waals surface area contributed by atoms with Gasteiger partial charge in [0.2, 0.25) is 0 Å². The predicted molar refractivity (Wildman–Crippen MR) is 162 cm³/mol. The van der Waals surface area contributed by atoms with E-state index in [1.807, 2.05) is 24.2 Å². The molecule has 1 fully saturated rings. The Labute approximate surface area is 240 Å². The molecule has 4 aromatic rings. The number of carbonyl (C=O) groups excluding carboxylic acids is 1. The second-order valence-electron chi connectivity index (χ2n) is 10.3. The zero-order valence-corrected chi connectivity index (χ0v) is 24.3. The number of nitrogens with one attached hydrogen (secondary N) is 1. The predicted octanol–water partition coefficient (Wildman–Crippen LogP) is 5.75. The van der Waals surface area contributed by atoms with Crippen molar-refractivity contribution in [2.24, 2.45) is 7.05 Å². The molecule has 0 aliphatic carbocycles. The van der Waals surface area contributed by atoms with Gasteiger partial charge in [-0.05, 0) is 67.4 Å². The molecule has 1 atom stereocenters. The summed E-state index contributed by atoms with van der Waals surface area (Å²) in [4.78, 5) is 20.3. The van der Waals surface area contributed by atoms with Crippen molar-refractivity contribution in [2.75, 3.05) is 40.4 Å². The first-order chi connectivity index (χ1) is 19.6. The van der Waals surface area contributed by atoms with Crippen LogP contribution in [0.25, 0.3) is 10.8 Å². The summed E-state index contributed by atoms with van der Waals surface area (Å²) in [6.07, 6.45) is 7.16. The van der Waals surface area contributed by atoms with E-state index in [2.05, 4.69) is 69.3 Å². The van der Waals surface area contributed by atoms with Crippen LogP contribution >= 0.6 is 11.8 Å². The number of aromatic nitrogens is 2. The van der Waals surface area contributed by atoms with E-state index >= 15 is 0 Å². The van der Waals surface area contributed by atoms with Crippen LogP contribution in [-0.2, 0) is 7.05 Å². The van der Waals surface area contributed by atoms with Crippen LogP contribution in [0.3, 0.4) is 0 Å². The Morgan fingerprint density at radius 2 is 1.88 bits per heavy atom. The van der Waals surface area contributed by atoms with Crippen molar-refractivity contribution in [3.63, 3.8) is 0 Å². The molecule has 210 valence electrons. The van der Waals surface area contributed by atoms with Gasteiger partial charge in [0.1, 0.15) is 11.5 Å². The lowest BCUT2D eigenvalue weighted by molar-refractivity contribution is 0.0946. The van der Waals surface area contributed by atoms with Gasteiger partial charge in [0.25, 0.3) is 5.91 Å². The Kier molecular flexibility index (Phi) is 9.29. The summed E-state index contributed by atoms with van der Waals surface area (Å²) >= 11 is 1.90. The third kappa shape index (κ3) is 6.62. The summed E-state index contributed by atoms with van der Waals surface area (Å²) < 4.78 is 12.9. The van der Waals surface area contributed by atoms with Crippen molar-refractivity contribution in [1.29, 1.82) is 0 Å². The van der Waals surface area contributed by atoms with E-state index in [0.717, 1.165) is 44.1 Å². The molecule has 2 heterocycles. The molecule has 0 radical (unpaired) electrons. The molecule has 5 rings (SSSR count). The minimum Gasteiger partial charge on any atom is -0.497 e. The zero-order chi connectivity index (χ0) is 27.9. The van der Waals surface area contributed by atoms with Crippen LogP contribution < -0.4 is 14.8 Å². The first-order valence-corrected chi connectivity index (χ1v) is 14.8. The summed E-state index contributed by atoms with van der Waals surface area (Å²) in [7, 11) is 5.23. The number of likely N-dealkylation sites (tertiary alicyclic amines) is 1. The second kappa shape index (κ2) is 13.2. The van der Waals surface area contributed by atoms with Crippen molar-refractivity contribution in [3.8, 4) is 11.5 Å². The maximum absolute atomic E-state index is 13.3. The van der Waals surface area contributed by atoms with E-state index in [1.165, 1.54) is 16.3 Å². The number of fused-ring (bicyclic) bond motifs is 1. The Balaban J connectivity index is 1.26. The van der Waals surface area contributed by atoms with Gasteiger partial charge in [0.15, 0.2) is 5.16 Å². The molecule has 7 nitrogen and oxygen atoms in total. The third-order valence-electron chi connectivity index (χ3n) is 7.80. The first-order valence-electron chi connectivity index (χ1n) is 13.9. The fourth-order valence-electron chi connectivity index (χ4n) is 5.47. The lowest BCUT2D eigenvalue weighted by Crippen LogP contribution is -2.37. The van der Waals surface area contributed by atoms with Crippen LogP contribution in [0.5, 0.6) is 11.5 Å². The van der Waals surface area contributed by atoms with Crippen molar-refractivity contribution in [2.45, 2.75) is 35.6 Å². The standard InChI is InChI=1S/C32H38N4O3S/c1-35-20-16-33-32(35)40-26-14-18-36(19-15-26)17-13-24(28-10-6-8-23-7-4-5-9-27(23)28)22-34-31(37)29-12-11-25(38-2)21-30(29)39-3/h4-12,16,20-21,24,26H,13-15,17-19,22H2,1-3H3,(H,34,37). The van der Waals surface area contributed by atoms with Gasteiger partial charge in [0, 0.05) is 43.2 Å². The number of ether oxygens (including phenoxy) is 2. The van der Waals surface area contributed by atoms with Gasteiger partial charge in [-0.1, -0.05) is 54.2 Å². The molecule has 1 N–H and O–H groups in total. The van der Waals surface area contributed by atoms with E-state index in [9.17, 15) is 4.79 Å². The molecule has 0 saturated carbocycles. The highest BCUT2D eigenvalue weighted by Crippen LogP contribution is 2.32. The van der Waals surface area contributed by atoms with Crippen LogP contribution in [0.15, 0.2) is 78.2 Å². The molecule has 1 aliphatic heterocycles. The van der Waals surface area contributed by atoms with E-state index in [1.54, 1.807) is 32.4 Å². The quantitative estimate of drug-likeness (QED) is 0.253. The number of nitrogens with zero attached hydrogens (tertiary/aromatic N) is 3. The van der Waals surface area contributed by atoms with Crippen molar-refractivity contribution in [3.05, 3.63) is 84.2 Å². The summed E-state index contributed by atoms with van der Waals surface area (Å²) in [5, 5.41) is 7.38. The molecule has 0 bridgehead atoms. The highest BCUT2D eigenvalue weighted by molar-refractivity contribution is 7.99. The summed E-state index contributed by atoms with van der Waals surface area (Å²) in [5.74, 6) is 1.20. The van der Waals surface area contributed by atoms with Crippen LogP contribution in [0, 0.1) is 0 Å². The van der Waals surface area contributed by atoms with Gasteiger partial charge >= 0.3 is 0 Å². The minimum absolute atomic E-state index is 0.142. The smallest absolute Gasteiger partial charge is 0.255 e. The average molecular weight is 559 g/mol. The van der Waals surface area contributed by atoms with Crippen molar-refractivity contribution >= 4 is 28.4 Å². The summed E-state index contributed by atoms with van der Waals surface area (Å²) in [6, 6.07) is 20.3. The number of imidazole rings is 1. The lowest BCUT2D eigenvalue weighted by atomic mass is 9.90. The average Bonchev–Trinajstić information content (AvgIpc) is 3.41. The number of piperidine rings is 1. The molecule has 1 aliphatic rings. The minimum atomic E-state index is -0.142. The first kappa shape index (κ1) is 28.1. The molecule has 8 heteroatoms. The monoisotopic (exact) mass is 558 g/mol. The Hall–Kier alpha value is -3.49. The SMILES string of the molecule is COc1ccc(C(=O)NCC(CCN2CCC(Sc3nccn3C)CC2)c2cccc3ccccc23)c(OC)c1. The second-order valence-corrected chi connectivity index (χ2v) is 11.6. The normalized spacial score (nSPS) is 15.2. The number of methoxy groups -OCH3 is 2. The number of thioether (sulfide) groups is 1. The largest absolute Gasteiger partial charge is 0.497 e. The highest BCUT2D eigenvalue weighted by Gasteiger charge is 2.24. The van der Waals surface area contributed by atoms with Crippen LogP contribution in [0.4, 0.5) is 0 Å². The van der Waals surface area contributed by atoms with Crippen molar-refractivity contribution < 1.29 is 14.3 Å². The van der Waals surface area contributed by atoms with Gasteiger partial charge in [-0.2, -0.15) is 0 Å². The Bertz CT molecular complexity index is 1430. The zero-order valence-electron chi connectivity index (χ0n) is 23.5. The van der Waals surface area contributed by atoms with Gasteiger partial charge in [-0.25, -0.2) is 4.98 Å². The summed E-state index contributed by atoms with van der Waals surface area (Å²) in [5.41, 5.74) is 1.78. The number of benzene rings is 3. The molecule has 0 spiro atoms. The van der Waals surface area contributed by atoms with Crippen LogP contribution in [0.2, 0.25) is 0 Å². The number of amides is 1. The Morgan fingerprint density at radius 1 is 1.07 bits per heavy atom. The molecule has 3 aromatic carbocycles. The van der Waals surface area contributed by atoms with Crippen LogP contribution in [0.1, 0.15) is 41.1 Å². The van der Waals surface area contributed by atoms with E-state index < -0.39 is 0 Å². The number of hydrogen-bond acceptors (Lipinski definition) is 6. The molecule has 1 saturated heterocycles. The van der Waals surface area contributed by atoms with Crippen LogP contribution in [-0.4, -0.2) is 66.0 Å². The fourth-order valence-corrected chi connectivity index (χ4v) is 6.57. The molecule has 1 amide bonds. The number of carbonyl (C=O) groups is 1. The maximum atomic E-state index is 13.3. The van der Waals surface area contributed by atoms with E-state index in [4.69, 9.17) is 9.47 Å². The summed E-state index contributed by atoms with van der Waals surface area (Å²) in [6.45, 7) is 3.71. The van der Waals surface area contributed by atoms with Gasteiger partial charge in [-0.3, -0.25) is 4.79 Å². The topological polar surface area (TPSA) is 68.6 Å². The fraction of sp³-hybridized carbons (Fsp3) is 0.375. The lowest BCUT2D eigenvalue weighted by Gasteiger charge is -2.32.